The molecule has 1 fully saturated rings. The Kier molecular flexibility index (Phi) is 6.11. The molecule has 0 bridgehead atoms. The minimum Gasteiger partial charge on any atom is -0.357 e. The van der Waals surface area contributed by atoms with Crippen molar-refractivity contribution in [1.29, 1.82) is 0 Å². The highest BCUT2D eigenvalue weighted by atomic mass is 19.4. The fourth-order valence-corrected chi connectivity index (χ4v) is 4.43. The lowest BCUT2D eigenvalue weighted by Gasteiger charge is -2.18. The predicted molar refractivity (Wildman–Crippen MR) is 129 cm³/mol. The van der Waals surface area contributed by atoms with E-state index >= 15 is 0 Å². The number of nitrogens with zero attached hydrogens (tertiary/aromatic N) is 4. The van der Waals surface area contributed by atoms with Crippen LogP contribution in [-0.2, 0) is 12.7 Å². The van der Waals surface area contributed by atoms with Crippen LogP contribution in [-0.4, -0.2) is 33.5 Å². The summed E-state index contributed by atoms with van der Waals surface area (Å²) in [6, 6.07) is 11.2. The van der Waals surface area contributed by atoms with Gasteiger partial charge in [0.1, 0.15) is 28.7 Å². The normalized spacial score (nSPS) is 14.0. The number of halogens is 4. The van der Waals surface area contributed by atoms with Gasteiger partial charge in [-0.2, -0.15) is 13.2 Å². The highest BCUT2D eigenvalue weighted by Gasteiger charge is 2.33. The largest absolute Gasteiger partial charge is 0.433 e. The molecule has 0 unspecified atom stereocenters. The lowest BCUT2D eigenvalue weighted by atomic mass is 10.2. The first-order chi connectivity index (χ1) is 17.2. The molecule has 1 amide bonds. The van der Waals surface area contributed by atoms with Crippen molar-refractivity contribution in [2.24, 2.45) is 0 Å². The van der Waals surface area contributed by atoms with Crippen molar-refractivity contribution in [3.05, 3.63) is 83.1 Å². The van der Waals surface area contributed by atoms with Crippen LogP contribution in [0, 0.1) is 12.7 Å². The molecule has 5 rings (SSSR count). The van der Waals surface area contributed by atoms with Crippen LogP contribution in [0.25, 0.3) is 11.0 Å². The van der Waals surface area contributed by atoms with Crippen LogP contribution >= 0.6 is 0 Å². The number of carbonyl (C=O) groups excluding carboxylic acids is 1. The summed E-state index contributed by atoms with van der Waals surface area (Å²) in [5.41, 5.74) is 0.800. The number of nitrogens with one attached hydrogen (secondary N) is 1. The Bertz CT molecular complexity index is 1440. The van der Waals surface area contributed by atoms with Gasteiger partial charge >= 0.3 is 6.18 Å². The van der Waals surface area contributed by atoms with Gasteiger partial charge in [-0.1, -0.05) is 12.1 Å². The van der Waals surface area contributed by atoms with Gasteiger partial charge in [-0.05, 0) is 67.3 Å². The van der Waals surface area contributed by atoms with Gasteiger partial charge in [-0.25, -0.2) is 14.4 Å². The van der Waals surface area contributed by atoms with E-state index in [-0.39, 0.29) is 17.9 Å². The fourth-order valence-electron chi connectivity index (χ4n) is 4.43. The number of aryl methyl sites for hydroxylation is 1. The summed E-state index contributed by atoms with van der Waals surface area (Å²) in [6.07, 6.45) is -0.844. The van der Waals surface area contributed by atoms with E-state index in [1.165, 1.54) is 34.9 Å². The molecule has 1 aliphatic rings. The van der Waals surface area contributed by atoms with E-state index in [4.69, 9.17) is 0 Å². The Labute approximate surface area is 204 Å². The van der Waals surface area contributed by atoms with Crippen LogP contribution in [0.4, 0.5) is 29.1 Å². The van der Waals surface area contributed by atoms with Gasteiger partial charge in [0.2, 0.25) is 0 Å². The maximum absolute atomic E-state index is 13.8. The Hall–Kier alpha value is -3.95. The van der Waals surface area contributed by atoms with Gasteiger partial charge in [-0.3, -0.25) is 4.79 Å². The van der Waals surface area contributed by atoms with Crippen molar-refractivity contribution in [2.75, 3.05) is 23.3 Å². The zero-order chi connectivity index (χ0) is 25.4. The molecule has 1 saturated heterocycles. The SMILES string of the molecule is Cc1cc(N2CCCC2)ncc1NC(=O)c1cc2ccc(C(F)(F)F)nc2n1Cc1cccc(F)c1. The van der Waals surface area contributed by atoms with Gasteiger partial charge in [0.15, 0.2) is 0 Å². The second-order valence-electron chi connectivity index (χ2n) is 8.86. The average Bonchev–Trinajstić information content (AvgIpc) is 3.48. The summed E-state index contributed by atoms with van der Waals surface area (Å²) >= 11 is 0. The van der Waals surface area contributed by atoms with Gasteiger partial charge in [0.25, 0.3) is 5.91 Å². The Balaban J connectivity index is 1.52. The van der Waals surface area contributed by atoms with Crippen molar-refractivity contribution < 1.29 is 22.4 Å². The summed E-state index contributed by atoms with van der Waals surface area (Å²) in [7, 11) is 0. The summed E-state index contributed by atoms with van der Waals surface area (Å²) in [5, 5.41) is 3.19. The Morgan fingerprint density at radius 2 is 1.86 bits per heavy atom. The molecule has 4 aromatic rings. The van der Waals surface area contributed by atoms with E-state index in [0.29, 0.717) is 16.6 Å². The zero-order valence-electron chi connectivity index (χ0n) is 19.4. The molecule has 0 aliphatic carbocycles. The van der Waals surface area contributed by atoms with Gasteiger partial charge < -0.3 is 14.8 Å². The third kappa shape index (κ3) is 4.75. The highest BCUT2D eigenvalue weighted by Crippen LogP contribution is 2.31. The first kappa shape index (κ1) is 23.8. The highest BCUT2D eigenvalue weighted by molar-refractivity contribution is 6.06. The van der Waals surface area contributed by atoms with Crippen molar-refractivity contribution in [2.45, 2.75) is 32.5 Å². The molecule has 0 spiro atoms. The Morgan fingerprint density at radius 1 is 1.08 bits per heavy atom. The molecule has 1 N–H and O–H groups in total. The second-order valence-corrected chi connectivity index (χ2v) is 8.86. The van der Waals surface area contributed by atoms with E-state index in [1.807, 2.05) is 13.0 Å². The molecule has 10 heteroatoms. The van der Waals surface area contributed by atoms with Crippen molar-refractivity contribution >= 4 is 28.4 Å². The number of hydrogen-bond donors (Lipinski definition) is 1. The molecule has 36 heavy (non-hydrogen) atoms. The molecule has 0 saturated carbocycles. The van der Waals surface area contributed by atoms with Crippen LogP contribution in [0.1, 0.15) is 40.2 Å². The van der Waals surface area contributed by atoms with Crippen molar-refractivity contribution in [3.63, 3.8) is 0 Å². The van der Waals surface area contributed by atoms with E-state index in [0.717, 1.165) is 43.4 Å². The van der Waals surface area contributed by atoms with E-state index in [1.54, 1.807) is 12.3 Å². The molecule has 1 aliphatic heterocycles. The lowest BCUT2D eigenvalue weighted by Crippen LogP contribution is -2.21. The van der Waals surface area contributed by atoms with Crippen molar-refractivity contribution in [1.82, 2.24) is 14.5 Å². The van der Waals surface area contributed by atoms with Crippen LogP contribution < -0.4 is 10.2 Å². The number of amides is 1. The number of benzene rings is 1. The fraction of sp³-hybridized carbons (Fsp3) is 0.269. The first-order valence-corrected chi connectivity index (χ1v) is 11.5. The van der Waals surface area contributed by atoms with E-state index < -0.39 is 23.6 Å². The quantitative estimate of drug-likeness (QED) is 0.354. The van der Waals surface area contributed by atoms with Crippen LogP contribution in [0.3, 0.4) is 0 Å². The number of hydrogen-bond acceptors (Lipinski definition) is 4. The molecule has 4 heterocycles. The standard InChI is InChI=1S/C26H23F4N5O/c1-16-11-23(34-9-2-3-10-34)31-14-20(16)32-25(36)21-13-18-7-8-22(26(28,29)30)33-24(18)35(21)15-17-5-4-6-19(27)12-17/h4-8,11-14H,2-3,9-10,15H2,1H3,(H,32,36). The van der Waals surface area contributed by atoms with Gasteiger partial charge in [0, 0.05) is 25.0 Å². The van der Waals surface area contributed by atoms with Gasteiger partial charge in [-0.15, -0.1) is 0 Å². The van der Waals surface area contributed by atoms with Crippen LogP contribution in [0.2, 0.25) is 0 Å². The minimum atomic E-state index is -4.65. The number of rotatable bonds is 5. The zero-order valence-corrected chi connectivity index (χ0v) is 19.4. The van der Waals surface area contributed by atoms with E-state index in [9.17, 15) is 22.4 Å². The van der Waals surface area contributed by atoms with Crippen LogP contribution in [0.5, 0.6) is 0 Å². The molecule has 3 aromatic heterocycles. The average molecular weight is 497 g/mol. The number of carbonyl (C=O) groups is 1. The van der Waals surface area contributed by atoms with Crippen LogP contribution in [0.15, 0.2) is 54.7 Å². The lowest BCUT2D eigenvalue weighted by molar-refractivity contribution is -0.141. The number of fused-ring (bicyclic) bond motifs is 1. The third-order valence-electron chi connectivity index (χ3n) is 6.27. The molecule has 0 atom stereocenters. The molecular formula is C26H23F4N5O. The molecule has 186 valence electrons. The maximum Gasteiger partial charge on any atom is 0.433 e. The summed E-state index contributed by atoms with van der Waals surface area (Å²) in [6.45, 7) is 3.69. The minimum absolute atomic E-state index is 0.0153. The van der Waals surface area contributed by atoms with E-state index in [2.05, 4.69) is 20.2 Å². The number of pyridine rings is 2. The predicted octanol–water partition coefficient (Wildman–Crippen LogP) is 5.80. The Morgan fingerprint density at radius 3 is 2.56 bits per heavy atom. The molecular weight excluding hydrogens is 474 g/mol. The molecule has 6 nitrogen and oxygen atoms in total. The van der Waals surface area contributed by atoms with Gasteiger partial charge in [0.05, 0.1) is 11.9 Å². The topological polar surface area (TPSA) is 63.1 Å². The molecule has 1 aromatic carbocycles. The smallest absolute Gasteiger partial charge is 0.357 e. The summed E-state index contributed by atoms with van der Waals surface area (Å²) < 4.78 is 55.2. The monoisotopic (exact) mass is 497 g/mol. The summed E-state index contributed by atoms with van der Waals surface area (Å²) in [4.78, 5) is 23.8. The maximum atomic E-state index is 13.8. The number of alkyl halides is 3. The van der Waals surface area contributed by atoms with Crippen molar-refractivity contribution in [3.8, 4) is 0 Å². The summed E-state index contributed by atoms with van der Waals surface area (Å²) in [5.74, 6) is -0.178. The second kappa shape index (κ2) is 9.25. The third-order valence-corrected chi connectivity index (χ3v) is 6.27. The number of anilines is 2. The first-order valence-electron chi connectivity index (χ1n) is 11.5. The molecule has 0 radical (unpaired) electrons. The number of aromatic nitrogens is 3.